The fraction of sp³-hybridized carbons (Fsp3) is 0.118. The van der Waals surface area contributed by atoms with E-state index in [2.05, 4.69) is 39.9 Å². The summed E-state index contributed by atoms with van der Waals surface area (Å²) in [4.78, 5) is 4.46. The van der Waals surface area contributed by atoms with Gasteiger partial charge in [0.15, 0.2) is 0 Å². The van der Waals surface area contributed by atoms with Crippen LogP contribution in [0.5, 0.6) is 0 Å². The molecule has 0 aliphatic heterocycles. The first-order valence-corrected chi connectivity index (χ1v) is 6.70. The number of nitrogens with zero attached hydrogens (tertiary/aromatic N) is 2. The Kier molecular flexibility index (Phi) is 3.50. The molecule has 1 aromatic heterocycles. The van der Waals surface area contributed by atoms with E-state index in [4.69, 9.17) is 5.73 Å². The van der Waals surface area contributed by atoms with Crippen molar-refractivity contribution in [2.45, 2.75) is 13.0 Å². The van der Waals surface area contributed by atoms with E-state index in [0.29, 0.717) is 0 Å². The Hall–Kier alpha value is -2.55. The molecule has 0 bridgehead atoms. The molecule has 100 valence electrons. The summed E-state index contributed by atoms with van der Waals surface area (Å²) >= 11 is 0. The largest absolute Gasteiger partial charge is 0.398 e. The number of anilines is 1. The molecule has 20 heavy (non-hydrogen) atoms. The Balaban J connectivity index is 1.82. The van der Waals surface area contributed by atoms with Crippen molar-refractivity contribution in [1.82, 2.24) is 9.55 Å². The third-order valence-corrected chi connectivity index (χ3v) is 3.40. The van der Waals surface area contributed by atoms with Crippen molar-refractivity contribution < 1.29 is 0 Å². The Bertz CT molecular complexity index is 686. The maximum atomic E-state index is 6.01. The van der Waals surface area contributed by atoms with Gasteiger partial charge in [-0.05, 0) is 17.2 Å². The van der Waals surface area contributed by atoms with E-state index < -0.39 is 0 Å². The van der Waals surface area contributed by atoms with Crippen LogP contribution in [0.1, 0.15) is 17.0 Å². The first-order chi connectivity index (χ1) is 9.83. The molecule has 0 aliphatic carbocycles. The quantitative estimate of drug-likeness (QED) is 0.735. The van der Waals surface area contributed by atoms with E-state index in [1.807, 2.05) is 36.7 Å². The first-order valence-electron chi connectivity index (χ1n) is 6.70. The molecule has 1 heterocycles. The lowest BCUT2D eigenvalue weighted by molar-refractivity contribution is 0.742. The molecule has 3 aromatic rings. The molecule has 0 fully saturated rings. The molecule has 0 spiro atoms. The normalized spacial score (nSPS) is 10.6. The van der Waals surface area contributed by atoms with Crippen LogP contribution in [0.4, 0.5) is 5.69 Å². The van der Waals surface area contributed by atoms with Gasteiger partial charge in [0.1, 0.15) is 5.82 Å². The van der Waals surface area contributed by atoms with Crippen LogP contribution >= 0.6 is 0 Å². The zero-order valence-corrected chi connectivity index (χ0v) is 11.2. The predicted octanol–water partition coefficient (Wildman–Crippen LogP) is 3.10. The van der Waals surface area contributed by atoms with Crippen LogP contribution in [0.25, 0.3) is 0 Å². The molecule has 0 aliphatic rings. The van der Waals surface area contributed by atoms with Crippen LogP contribution in [0, 0.1) is 0 Å². The van der Waals surface area contributed by atoms with E-state index in [-0.39, 0.29) is 0 Å². The molecule has 0 atom stereocenters. The molecule has 0 saturated heterocycles. The Morgan fingerprint density at radius 2 is 1.70 bits per heavy atom. The van der Waals surface area contributed by atoms with Gasteiger partial charge in [-0.3, -0.25) is 0 Å². The molecule has 0 radical (unpaired) electrons. The second-order valence-corrected chi connectivity index (χ2v) is 4.83. The Morgan fingerprint density at radius 3 is 2.50 bits per heavy atom. The van der Waals surface area contributed by atoms with Crippen molar-refractivity contribution in [1.29, 1.82) is 0 Å². The van der Waals surface area contributed by atoms with Gasteiger partial charge >= 0.3 is 0 Å². The van der Waals surface area contributed by atoms with E-state index in [9.17, 15) is 0 Å². The topological polar surface area (TPSA) is 43.8 Å². The lowest BCUT2D eigenvalue weighted by Gasteiger charge is -2.10. The molecule has 0 saturated carbocycles. The maximum Gasteiger partial charge on any atom is 0.113 e. The molecular weight excluding hydrogens is 246 g/mol. The number of nitrogen functional groups attached to an aromatic ring is 1. The standard InChI is InChI=1S/C17H17N3/c18-16-9-5-4-8-15(16)13-20-11-10-19-17(20)12-14-6-2-1-3-7-14/h1-11H,12-13,18H2. The van der Waals surface area contributed by atoms with Gasteiger partial charge in [-0.2, -0.15) is 0 Å². The minimum atomic E-state index is 0.759. The fourth-order valence-corrected chi connectivity index (χ4v) is 2.29. The number of aromatic nitrogens is 2. The summed E-state index contributed by atoms with van der Waals surface area (Å²) in [5.74, 6) is 1.06. The molecule has 0 unspecified atom stereocenters. The molecule has 3 nitrogen and oxygen atoms in total. The molecule has 3 heteroatoms. The first kappa shape index (κ1) is 12.5. The van der Waals surface area contributed by atoms with E-state index in [1.54, 1.807) is 0 Å². The van der Waals surface area contributed by atoms with Crippen LogP contribution in [0.2, 0.25) is 0 Å². The minimum Gasteiger partial charge on any atom is -0.398 e. The third kappa shape index (κ3) is 2.72. The monoisotopic (exact) mass is 263 g/mol. The highest BCUT2D eigenvalue weighted by Crippen LogP contribution is 2.15. The van der Waals surface area contributed by atoms with Gasteiger partial charge in [0, 0.05) is 24.5 Å². The Labute approximate surface area is 118 Å². The van der Waals surface area contributed by atoms with E-state index in [1.165, 1.54) is 5.56 Å². The highest BCUT2D eigenvalue weighted by atomic mass is 15.1. The number of hydrogen-bond donors (Lipinski definition) is 1. The third-order valence-electron chi connectivity index (χ3n) is 3.40. The molecule has 2 N–H and O–H groups in total. The predicted molar refractivity (Wildman–Crippen MR) is 81.4 cm³/mol. The van der Waals surface area contributed by atoms with Crippen molar-refractivity contribution in [2.75, 3.05) is 5.73 Å². The highest BCUT2D eigenvalue weighted by Gasteiger charge is 2.06. The minimum absolute atomic E-state index is 0.759. The maximum absolute atomic E-state index is 6.01. The average molecular weight is 263 g/mol. The summed E-state index contributed by atoms with van der Waals surface area (Å²) < 4.78 is 2.15. The van der Waals surface area contributed by atoms with Gasteiger partial charge in [0.25, 0.3) is 0 Å². The second-order valence-electron chi connectivity index (χ2n) is 4.83. The summed E-state index contributed by atoms with van der Waals surface area (Å²) in [5.41, 5.74) is 9.22. The fourth-order valence-electron chi connectivity index (χ4n) is 2.29. The second kappa shape index (κ2) is 5.61. The van der Waals surface area contributed by atoms with Crippen molar-refractivity contribution in [2.24, 2.45) is 0 Å². The van der Waals surface area contributed by atoms with Crippen LogP contribution in [-0.4, -0.2) is 9.55 Å². The molecule has 3 rings (SSSR count). The number of nitrogens with two attached hydrogens (primary N) is 1. The number of benzene rings is 2. The van der Waals surface area contributed by atoms with Crippen LogP contribution in [0.3, 0.4) is 0 Å². The lowest BCUT2D eigenvalue weighted by atomic mass is 10.1. The van der Waals surface area contributed by atoms with Gasteiger partial charge in [0.2, 0.25) is 0 Å². The summed E-state index contributed by atoms with van der Waals surface area (Å²) in [5, 5.41) is 0. The smallest absolute Gasteiger partial charge is 0.113 e. The van der Waals surface area contributed by atoms with Crippen molar-refractivity contribution >= 4 is 5.69 Å². The van der Waals surface area contributed by atoms with Crippen LogP contribution in [-0.2, 0) is 13.0 Å². The molecular formula is C17H17N3. The van der Waals surface area contributed by atoms with E-state index >= 15 is 0 Å². The number of imidazole rings is 1. The summed E-state index contributed by atoms with van der Waals surface area (Å²) in [6, 6.07) is 18.3. The number of rotatable bonds is 4. The van der Waals surface area contributed by atoms with E-state index in [0.717, 1.165) is 30.0 Å². The molecule has 0 amide bonds. The van der Waals surface area contributed by atoms with Gasteiger partial charge in [-0.25, -0.2) is 4.98 Å². The van der Waals surface area contributed by atoms with Gasteiger partial charge in [-0.1, -0.05) is 48.5 Å². The lowest BCUT2D eigenvalue weighted by Crippen LogP contribution is -2.06. The zero-order valence-electron chi connectivity index (χ0n) is 11.2. The SMILES string of the molecule is Nc1ccccc1Cn1ccnc1Cc1ccccc1. The highest BCUT2D eigenvalue weighted by molar-refractivity contribution is 5.46. The number of hydrogen-bond acceptors (Lipinski definition) is 2. The van der Waals surface area contributed by atoms with Crippen molar-refractivity contribution in [3.63, 3.8) is 0 Å². The van der Waals surface area contributed by atoms with Gasteiger partial charge in [0.05, 0.1) is 6.54 Å². The molecule has 2 aromatic carbocycles. The van der Waals surface area contributed by atoms with Crippen molar-refractivity contribution in [3.05, 3.63) is 83.9 Å². The summed E-state index contributed by atoms with van der Waals surface area (Å²) in [6.07, 6.45) is 4.68. The zero-order chi connectivity index (χ0) is 13.8. The van der Waals surface area contributed by atoms with Gasteiger partial charge in [-0.15, -0.1) is 0 Å². The summed E-state index contributed by atoms with van der Waals surface area (Å²) in [6.45, 7) is 0.759. The van der Waals surface area contributed by atoms with Gasteiger partial charge < -0.3 is 10.3 Å². The van der Waals surface area contributed by atoms with Crippen molar-refractivity contribution in [3.8, 4) is 0 Å². The average Bonchev–Trinajstić information content (AvgIpc) is 2.90. The van der Waals surface area contributed by atoms with Crippen LogP contribution < -0.4 is 5.73 Å². The number of para-hydroxylation sites is 1. The van der Waals surface area contributed by atoms with Crippen LogP contribution in [0.15, 0.2) is 67.0 Å². The summed E-state index contributed by atoms with van der Waals surface area (Å²) in [7, 11) is 0. The Morgan fingerprint density at radius 1 is 0.950 bits per heavy atom.